The van der Waals surface area contributed by atoms with Crippen LogP contribution in [-0.4, -0.2) is 65.0 Å². The van der Waals surface area contributed by atoms with Crippen molar-refractivity contribution in [3.8, 4) is 22.8 Å². The molecule has 3 N–H and O–H groups in total. The molecule has 55 heavy (non-hydrogen) atoms. The van der Waals surface area contributed by atoms with Crippen molar-refractivity contribution < 1.29 is 37.0 Å². The monoisotopic (exact) mass is 755 g/mol. The van der Waals surface area contributed by atoms with E-state index in [0.717, 1.165) is 59.6 Å². The Morgan fingerprint density at radius 3 is 2.67 bits per heavy atom. The molecule has 0 saturated heterocycles. The number of rotatable bonds is 8. The third-order valence-corrected chi connectivity index (χ3v) is 9.76. The van der Waals surface area contributed by atoms with Gasteiger partial charge in [0.1, 0.15) is 35.4 Å². The summed E-state index contributed by atoms with van der Waals surface area (Å²) in [6, 6.07) is 13.8. The summed E-state index contributed by atoms with van der Waals surface area (Å²) in [5.41, 5.74) is 3.21. The third-order valence-electron chi connectivity index (χ3n) is 9.76. The number of benzene rings is 2. The van der Waals surface area contributed by atoms with Crippen LogP contribution in [0.4, 0.5) is 24.8 Å². The largest absolute Gasteiger partial charge is 0.497 e. The number of anilines is 2. The zero-order chi connectivity index (χ0) is 38.5. The fourth-order valence-corrected chi connectivity index (χ4v) is 7.05. The minimum absolute atomic E-state index is 0.00178. The van der Waals surface area contributed by atoms with E-state index < -0.39 is 17.6 Å². The summed E-state index contributed by atoms with van der Waals surface area (Å²) in [4.78, 5) is 34.6. The lowest BCUT2D eigenvalue weighted by atomic mass is 9.90. The van der Waals surface area contributed by atoms with Gasteiger partial charge in [-0.05, 0) is 68.5 Å². The second kappa shape index (κ2) is 16.2. The zero-order valence-corrected chi connectivity index (χ0v) is 30.3. The average molecular weight is 756 g/mol. The molecule has 1 saturated carbocycles. The van der Waals surface area contributed by atoms with E-state index in [1.54, 1.807) is 38.5 Å². The molecule has 0 spiro atoms. The molecule has 2 amide bonds. The van der Waals surface area contributed by atoms with Crippen LogP contribution in [0.15, 0.2) is 73.1 Å². The van der Waals surface area contributed by atoms with Crippen molar-refractivity contribution in [1.82, 2.24) is 25.1 Å². The van der Waals surface area contributed by atoms with Gasteiger partial charge >= 0.3 is 6.18 Å². The van der Waals surface area contributed by atoms with Crippen molar-refractivity contribution >= 4 is 40.4 Å². The number of nitrogens with zero attached hydrogens (tertiary/aromatic N) is 4. The molecule has 4 heterocycles. The molecule has 2 aromatic carbocycles. The van der Waals surface area contributed by atoms with Gasteiger partial charge in [-0.2, -0.15) is 18.3 Å². The molecular weight excluding hydrogens is 715 g/mol. The standard InChI is InChI=1S/C40H40F3N7O5/c1-53-31-14-13-26(32(20-31)54-2)21-45-38-35-36(24-9-11-25(12-10-24)39(52)48-33-18-28(15-16-44-33)40(41,42)43)49-50-30-8-5-7-29(19-30)47-34(51)23-55-17-4-3-6-27(22-46-38)37(35)50/h3,6,9-16,18,20,22,29-30H,4-5,7-8,17,19,21,23H2,1-2H3,(H,45,46)(H,47,51)(H,44,48,52)/t29-,30-/m1/s1. The minimum Gasteiger partial charge on any atom is -0.497 e. The van der Waals surface area contributed by atoms with Crippen LogP contribution in [-0.2, 0) is 22.3 Å². The molecule has 3 aromatic heterocycles. The Morgan fingerprint density at radius 1 is 1.05 bits per heavy atom. The van der Waals surface area contributed by atoms with Crippen LogP contribution in [0.3, 0.4) is 0 Å². The molecule has 12 nitrogen and oxygen atoms in total. The highest BCUT2D eigenvalue weighted by Crippen LogP contribution is 2.40. The van der Waals surface area contributed by atoms with Crippen molar-refractivity contribution in [2.75, 3.05) is 38.1 Å². The number of alkyl halides is 3. The van der Waals surface area contributed by atoms with Crippen LogP contribution < -0.4 is 25.4 Å². The third kappa shape index (κ3) is 8.41. The van der Waals surface area contributed by atoms with Crippen LogP contribution in [0.2, 0.25) is 0 Å². The van der Waals surface area contributed by atoms with E-state index in [1.807, 2.05) is 41.2 Å². The molecule has 0 radical (unpaired) electrons. The fraction of sp³-hybridized carbons (Fsp3) is 0.325. The minimum atomic E-state index is -4.58. The predicted molar refractivity (Wildman–Crippen MR) is 201 cm³/mol. The highest BCUT2D eigenvalue weighted by atomic mass is 19.4. The Labute approximate surface area is 315 Å². The number of methoxy groups -OCH3 is 2. The lowest BCUT2D eigenvalue weighted by Crippen LogP contribution is -2.40. The number of ether oxygens (including phenoxy) is 3. The number of hydrogen-bond donors (Lipinski definition) is 3. The number of nitrogens with one attached hydrogen (secondary N) is 3. The molecule has 0 unspecified atom stereocenters. The maximum absolute atomic E-state index is 13.3. The van der Waals surface area contributed by atoms with Gasteiger partial charge in [0.25, 0.3) is 5.91 Å². The number of pyridine rings is 2. The molecular formula is C40H40F3N7O5. The quantitative estimate of drug-likeness (QED) is 0.148. The van der Waals surface area contributed by atoms with Crippen LogP contribution in [0, 0.1) is 0 Å². The number of hydrogen-bond acceptors (Lipinski definition) is 9. The molecule has 2 bridgehead atoms. The normalized spacial score (nSPS) is 17.6. The average Bonchev–Trinajstić information content (AvgIpc) is 3.60. The molecule has 2 atom stereocenters. The topological polar surface area (TPSA) is 142 Å². The van der Waals surface area contributed by atoms with Gasteiger partial charge in [-0.15, -0.1) is 0 Å². The molecule has 5 aromatic rings. The molecule has 15 heteroatoms. The maximum Gasteiger partial charge on any atom is 0.416 e. The van der Waals surface area contributed by atoms with Gasteiger partial charge in [-0.3, -0.25) is 14.3 Å². The van der Waals surface area contributed by atoms with E-state index in [4.69, 9.17) is 24.3 Å². The highest BCUT2D eigenvalue weighted by Gasteiger charge is 2.32. The van der Waals surface area contributed by atoms with Crippen molar-refractivity contribution in [1.29, 1.82) is 0 Å². The van der Waals surface area contributed by atoms with E-state index in [0.29, 0.717) is 54.6 Å². The Morgan fingerprint density at radius 2 is 1.89 bits per heavy atom. The van der Waals surface area contributed by atoms with Gasteiger partial charge in [0, 0.05) is 53.3 Å². The summed E-state index contributed by atoms with van der Waals surface area (Å²) in [6.45, 7) is 0.750. The van der Waals surface area contributed by atoms with Gasteiger partial charge in [0.05, 0.1) is 43.3 Å². The SMILES string of the molecule is COc1ccc(CNc2ncc3c4c2c(-c2ccc(C(=O)Nc5cc(C(F)(F)F)ccn5)cc2)nn4[C@@H]2CCC[C@H](C2)NC(=O)COCCC=C3)c(OC)c1. The molecule has 1 fully saturated rings. The van der Waals surface area contributed by atoms with E-state index in [2.05, 4.69) is 20.9 Å². The lowest BCUT2D eigenvalue weighted by molar-refractivity contribution is -0.137. The predicted octanol–water partition coefficient (Wildman–Crippen LogP) is 7.43. The molecule has 1 aliphatic heterocycles. The second-order valence-electron chi connectivity index (χ2n) is 13.4. The highest BCUT2D eigenvalue weighted by molar-refractivity contribution is 6.06. The Balaban J connectivity index is 1.30. The summed E-state index contributed by atoms with van der Waals surface area (Å²) in [5.74, 6) is 0.913. The van der Waals surface area contributed by atoms with Gasteiger partial charge < -0.3 is 30.2 Å². The van der Waals surface area contributed by atoms with Crippen LogP contribution in [0.5, 0.6) is 11.5 Å². The summed E-state index contributed by atoms with van der Waals surface area (Å²) in [6.07, 6.45) is 6.06. The first-order chi connectivity index (χ1) is 26.6. The first-order valence-corrected chi connectivity index (χ1v) is 18.0. The summed E-state index contributed by atoms with van der Waals surface area (Å²) < 4.78 is 58.5. The fourth-order valence-electron chi connectivity index (χ4n) is 7.05. The number of amides is 2. The van der Waals surface area contributed by atoms with E-state index in [-0.39, 0.29) is 36.0 Å². The number of carbonyl (C=O) groups excluding carboxylic acids is 2. The molecule has 2 aliphatic rings. The maximum atomic E-state index is 13.3. The second-order valence-corrected chi connectivity index (χ2v) is 13.4. The lowest BCUT2D eigenvalue weighted by Gasteiger charge is -2.30. The van der Waals surface area contributed by atoms with Crippen molar-refractivity contribution in [2.24, 2.45) is 0 Å². The summed E-state index contributed by atoms with van der Waals surface area (Å²) in [7, 11) is 3.19. The zero-order valence-electron chi connectivity index (χ0n) is 30.3. The van der Waals surface area contributed by atoms with Crippen molar-refractivity contribution in [2.45, 2.75) is 56.9 Å². The number of halogens is 3. The summed E-state index contributed by atoms with van der Waals surface area (Å²) >= 11 is 0. The Hall–Kier alpha value is -5.96. The Bertz CT molecular complexity index is 2220. The number of aromatic nitrogens is 4. The molecule has 1 aliphatic carbocycles. The van der Waals surface area contributed by atoms with Crippen LogP contribution >= 0.6 is 0 Å². The van der Waals surface area contributed by atoms with Gasteiger partial charge in [0.15, 0.2) is 0 Å². The van der Waals surface area contributed by atoms with E-state index in [9.17, 15) is 22.8 Å². The van der Waals surface area contributed by atoms with Gasteiger partial charge in [-0.25, -0.2) is 9.97 Å². The smallest absolute Gasteiger partial charge is 0.416 e. The van der Waals surface area contributed by atoms with Gasteiger partial charge in [0.2, 0.25) is 5.91 Å². The van der Waals surface area contributed by atoms with Gasteiger partial charge in [-0.1, -0.05) is 24.3 Å². The Kier molecular flexibility index (Phi) is 11.0. The number of carbonyl (C=O) groups is 2. The number of fused-ring (bicyclic) bond motifs is 3. The first-order valence-electron chi connectivity index (χ1n) is 18.0. The first kappa shape index (κ1) is 37.4. The van der Waals surface area contributed by atoms with Crippen molar-refractivity contribution in [3.63, 3.8) is 0 Å². The van der Waals surface area contributed by atoms with E-state index >= 15 is 0 Å². The molecule has 286 valence electrons. The van der Waals surface area contributed by atoms with Crippen molar-refractivity contribution in [3.05, 3.63) is 95.3 Å². The molecule has 7 rings (SSSR count). The van der Waals surface area contributed by atoms with E-state index in [1.165, 1.54) is 0 Å². The van der Waals surface area contributed by atoms with Crippen LogP contribution in [0.25, 0.3) is 28.2 Å². The summed E-state index contributed by atoms with van der Waals surface area (Å²) in [5, 5.41) is 15.1. The van der Waals surface area contributed by atoms with Crippen LogP contribution in [0.1, 0.15) is 65.2 Å².